The molecule has 136 valence electrons. The highest BCUT2D eigenvalue weighted by Gasteiger charge is 2.58. The summed E-state index contributed by atoms with van der Waals surface area (Å²) in [5.74, 6) is 1.77. The largest absolute Gasteiger partial charge is 0.425 e. The quantitative estimate of drug-likeness (QED) is 0.761. The highest BCUT2D eigenvalue weighted by atomic mass is 16.4. The van der Waals surface area contributed by atoms with Gasteiger partial charge < -0.3 is 14.2 Å². The Kier molecular flexibility index (Phi) is 4.67. The van der Waals surface area contributed by atoms with Gasteiger partial charge in [0, 0.05) is 32.0 Å². The van der Waals surface area contributed by atoms with Gasteiger partial charge in [-0.1, -0.05) is 20.4 Å². The lowest BCUT2D eigenvalue weighted by Crippen LogP contribution is -2.45. The standard InChI is InChI=1S/C18H26N4O3/c1-5-14(23)21(4)11-15(24)22-8-6-18(7-9-22)10-13(18)17-20-19-16(25-17)12(2)3/h5,12-13H,1,6-11H2,2-4H3. The van der Waals surface area contributed by atoms with Crippen LogP contribution in [-0.2, 0) is 9.59 Å². The maximum absolute atomic E-state index is 12.3. The molecule has 1 aromatic rings. The van der Waals surface area contributed by atoms with E-state index in [-0.39, 0.29) is 29.7 Å². The molecule has 1 atom stereocenters. The zero-order valence-electron chi connectivity index (χ0n) is 15.2. The molecule has 2 amide bonds. The summed E-state index contributed by atoms with van der Waals surface area (Å²) in [5.41, 5.74) is 0.209. The van der Waals surface area contributed by atoms with Crippen molar-refractivity contribution in [3.05, 3.63) is 24.4 Å². The second-order valence-corrected chi connectivity index (χ2v) is 7.53. The molecule has 3 rings (SSSR count). The molecule has 0 bridgehead atoms. The summed E-state index contributed by atoms with van der Waals surface area (Å²) in [6.45, 7) is 9.06. The summed E-state index contributed by atoms with van der Waals surface area (Å²) < 4.78 is 5.81. The molecule has 1 saturated heterocycles. The summed E-state index contributed by atoms with van der Waals surface area (Å²) >= 11 is 0. The van der Waals surface area contributed by atoms with E-state index < -0.39 is 0 Å². The Labute approximate surface area is 148 Å². The van der Waals surface area contributed by atoms with Crippen LogP contribution in [0.25, 0.3) is 0 Å². The first kappa shape index (κ1) is 17.6. The molecule has 1 aliphatic carbocycles. The molecule has 2 aliphatic rings. The Balaban J connectivity index is 1.53. The molecule has 25 heavy (non-hydrogen) atoms. The van der Waals surface area contributed by atoms with E-state index in [2.05, 4.69) is 16.8 Å². The number of hydrogen-bond acceptors (Lipinski definition) is 5. The third-order valence-electron chi connectivity index (χ3n) is 5.47. The normalized spacial score (nSPS) is 21.4. The Hall–Kier alpha value is -2.18. The van der Waals surface area contributed by atoms with Crippen LogP contribution in [0.4, 0.5) is 0 Å². The Morgan fingerprint density at radius 1 is 1.40 bits per heavy atom. The number of likely N-dealkylation sites (N-methyl/N-ethyl adjacent to an activating group) is 1. The van der Waals surface area contributed by atoms with Gasteiger partial charge in [-0.25, -0.2) is 0 Å². The first-order chi connectivity index (χ1) is 11.9. The van der Waals surface area contributed by atoms with E-state index in [1.807, 2.05) is 18.7 Å². The van der Waals surface area contributed by atoms with Gasteiger partial charge in [0.05, 0.1) is 6.54 Å². The van der Waals surface area contributed by atoms with Crippen LogP contribution in [0.1, 0.15) is 56.7 Å². The molecule has 2 fully saturated rings. The van der Waals surface area contributed by atoms with E-state index in [1.165, 1.54) is 11.0 Å². The average molecular weight is 346 g/mol. The molecule has 1 spiro atoms. The first-order valence-corrected chi connectivity index (χ1v) is 8.85. The topological polar surface area (TPSA) is 79.5 Å². The third kappa shape index (κ3) is 3.45. The fraction of sp³-hybridized carbons (Fsp3) is 0.667. The SMILES string of the molecule is C=CC(=O)N(C)CC(=O)N1CCC2(CC1)CC2c1nnc(C(C)C)o1. The predicted molar refractivity (Wildman–Crippen MR) is 91.8 cm³/mol. The number of rotatable bonds is 5. The highest BCUT2D eigenvalue weighted by molar-refractivity contribution is 5.90. The Morgan fingerprint density at radius 2 is 2.08 bits per heavy atom. The Bertz CT molecular complexity index is 674. The summed E-state index contributed by atoms with van der Waals surface area (Å²) in [7, 11) is 1.62. The van der Waals surface area contributed by atoms with Crippen LogP contribution in [-0.4, -0.2) is 58.5 Å². The average Bonchev–Trinajstić information content (AvgIpc) is 3.07. The highest BCUT2D eigenvalue weighted by Crippen LogP contribution is 2.64. The van der Waals surface area contributed by atoms with Crippen LogP contribution in [0, 0.1) is 5.41 Å². The number of hydrogen-bond donors (Lipinski definition) is 0. The minimum absolute atomic E-state index is 0.00960. The smallest absolute Gasteiger partial charge is 0.246 e. The fourth-order valence-electron chi connectivity index (χ4n) is 3.61. The fourth-order valence-corrected chi connectivity index (χ4v) is 3.61. The van der Waals surface area contributed by atoms with Gasteiger partial charge in [0.25, 0.3) is 0 Å². The molecule has 0 N–H and O–H groups in total. The van der Waals surface area contributed by atoms with E-state index in [1.54, 1.807) is 7.05 Å². The molecule has 7 heteroatoms. The second kappa shape index (κ2) is 6.61. The van der Waals surface area contributed by atoms with E-state index in [9.17, 15) is 9.59 Å². The lowest BCUT2D eigenvalue weighted by atomic mass is 9.90. The molecule has 7 nitrogen and oxygen atoms in total. The van der Waals surface area contributed by atoms with Crippen molar-refractivity contribution in [3.63, 3.8) is 0 Å². The van der Waals surface area contributed by atoms with Gasteiger partial charge in [0.15, 0.2) is 0 Å². The van der Waals surface area contributed by atoms with E-state index >= 15 is 0 Å². The monoisotopic (exact) mass is 346 g/mol. The van der Waals surface area contributed by atoms with E-state index in [0.29, 0.717) is 11.8 Å². The number of likely N-dealkylation sites (tertiary alicyclic amines) is 1. The number of amides is 2. The lowest BCUT2D eigenvalue weighted by Gasteiger charge is -2.33. The van der Waals surface area contributed by atoms with E-state index in [4.69, 9.17) is 4.42 Å². The van der Waals surface area contributed by atoms with Crippen LogP contribution < -0.4 is 0 Å². The summed E-state index contributed by atoms with van der Waals surface area (Å²) in [6, 6.07) is 0. The molecular weight excluding hydrogens is 320 g/mol. The zero-order valence-corrected chi connectivity index (χ0v) is 15.2. The van der Waals surface area contributed by atoms with Gasteiger partial charge in [0.2, 0.25) is 23.6 Å². The van der Waals surface area contributed by atoms with Crippen LogP contribution in [0.3, 0.4) is 0 Å². The maximum Gasteiger partial charge on any atom is 0.246 e. The van der Waals surface area contributed by atoms with Crippen LogP contribution in [0.2, 0.25) is 0 Å². The number of carbonyl (C=O) groups excluding carboxylic acids is 2. The second-order valence-electron chi connectivity index (χ2n) is 7.53. The summed E-state index contributed by atoms with van der Waals surface area (Å²) in [6.07, 6.45) is 4.18. The van der Waals surface area contributed by atoms with Crippen LogP contribution >= 0.6 is 0 Å². The molecular formula is C18H26N4O3. The van der Waals surface area contributed by atoms with Gasteiger partial charge in [-0.05, 0) is 30.8 Å². The van der Waals surface area contributed by atoms with Crippen molar-refractivity contribution in [2.24, 2.45) is 5.41 Å². The molecule has 0 aromatic carbocycles. The van der Waals surface area contributed by atoms with Gasteiger partial charge in [-0.2, -0.15) is 0 Å². The molecule has 1 saturated carbocycles. The first-order valence-electron chi connectivity index (χ1n) is 8.85. The number of carbonyl (C=O) groups is 2. The Morgan fingerprint density at radius 3 is 2.64 bits per heavy atom. The molecule has 1 unspecified atom stereocenters. The van der Waals surface area contributed by atoms with Crippen molar-refractivity contribution in [2.75, 3.05) is 26.7 Å². The summed E-state index contributed by atoms with van der Waals surface area (Å²) in [5, 5.41) is 8.35. The van der Waals surface area contributed by atoms with Crippen molar-refractivity contribution in [3.8, 4) is 0 Å². The number of aromatic nitrogens is 2. The molecule has 1 aliphatic heterocycles. The van der Waals surface area contributed by atoms with Crippen molar-refractivity contribution in [1.29, 1.82) is 0 Å². The van der Waals surface area contributed by atoms with Crippen molar-refractivity contribution >= 4 is 11.8 Å². The lowest BCUT2D eigenvalue weighted by molar-refractivity contribution is -0.138. The number of nitrogens with zero attached hydrogens (tertiary/aromatic N) is 4. The molecule has 2 heterocycles. The van der Waals surface area contributed by atoms with Crippen molar-refractivity contribution in [1.82, 2.24) is 20.0 Å². The van der Waals surface area contributed by atoms with Gasteiger partial charge in [-0.15, -0.1) is 10.2 Å². The molecule has 0 radical (unpaired) electrons. The molecule has 1 aromatic heterocycles. The van der Waals surface area contributed by atoms with Gasteiger partial charge in [-0.3, -0.25) is 9.59 Å². The third-order valence-corrected chi connectivity index (χ3v) is 5.47. The minimum atomic E-state index is -0.235. The van der Waals surface area contributed by atoms with Crippen LogP contribution in [0.5, 0.6) is 0 Å². The van der Waals surface area contributed by atoms with Crippen LogP contribution in [0.15, 0.2) is 17.1 Å². The number of piperidine rings is 1. The van der Waals surface area contributed by atoms with E-state index in [0.717, 1.165) is 38.2 Å². The predicted octanol–water partition coefficient (Wildman–Crippen LogP) is 1.93. The minimum Gasteiger partial charge on any atom is -0.425 e. The van der Waals surface area contributed by atoms with Crippen molar-refractivity contribution in [2.45, 2.75) is 44.9 Å². The summed E-state index contributed by atoms with van der Waals surface area (Å²) in [4.78, 5) is 27.1. The maximum atomic E-state index is 12.3. The van der Waals surface area contributed by atoms with Crippen molar-refractivity contribution < 1.29 is 14.0 Å². The van der Waals surface area contributed by atoms with Gasteiger partial charge in [0.1, 0.15) is 0 Å². The zero-order chi connectivity index (χ0) is 18.2. The van der Waals surface area contributed by atoms with Gasteiger partial charge >= 0.3 is 0 Å².